The molecule has 3 rings (SSSR count). The van der Waals surface area contributed by atoms with Crippen LogP contribution in [0.3, 0.4) is 0 Å². The molecule has 2 aromatic carbocycles. The summed E-state index contributed by atoms with van der Waals surface area (Å²) in [4.78, 5) is 0. The molecule has 0 unspecified atom stereocenters. The molecule has 0 aliphatic carbocycles. The molecule has 0 fully saturated rings. The van der Waals surface area contributed by atoms with Crippen LogP contribution in [-0.4, -0.2) is 29.1 Å². The molecule has 0 radical (unpaired) electrons. The van der Waals surface area contributed by atoms with Crippen LogP contribution in [0.25, 0.3) is 5.69 Å². The lowest BCUT2D eigenvalue weighted by molar-refractivity contribution is 0.395. The number of anilines is 1. The average Bonchev–Trinajstić information content (AvgIpc) is 3.22. The van der Waals surface area contributed by atoms with Gasteiger partial charge in [0.15, 0.2) is 5.11 Å². The Morgan fingerprint density at radius 2 is 1.92 bits per heavy atom. The third-order valence-corrected chi connectivity index (χ3v) is 4.06. The fourth-order valence-corrected chi connectivity index (χ4v) is 2.62. The molecule has 1 heterocycles. The van der Waals surface area contributed by atoms with Gasteiger partial charge in [0, 0.05) is 25.0 Å². The van der Waals surface area contributed by atoms with Gasteiger partial charge in [-0.3, -0.25) is 0 Å². The largest absolute Gasteiger partial charge is 0.497 e. The highest BCUT2D eigenvalue weighted by Gasteiger charge is 2.07. The Morgan fingerprint density at radius 1 is 1.12 bits per heavy atom. The summed E-state index contributed by atoms with van der Waals surface area (Å²) in [7, 11) is 3.23. The molecule has 0 aliphatic rings. The van der Waals surface area contributed by atoms with Crippen molar-refractivity contribution in [2.45, 2.75) is 6.54 Å². The van der Waals surface area contributed by atoms with E-state index in [4.69, 9.17) is 21.7 Å². The SMILES string of the molecule is COc1ccc(NC(=S)NCc2ccc(-n3cccn3)cc2)c(OC)c1. The second-order valence-electron chi connectivity index (χ2n) is 5.49. The van der Waals surface area contributed by atoms with Gasteiger partial charge in [0.25, 0.3) is 0 Å². The maximum atomic E-state index is 5.37. The smallest absolute Gasteiger partial charge is 0.171 e. The number of thiocarbonyl (C=S) groups is 1. The lowest BCUT2D eigenvalue weighted by Gasteiger charge is -2.14. The van der Waals surface area contributed by atoms with Crippen molar-refractivity contribution >= 4 is 23.0 Å². The Morgan fingerprint density at radius 3 is 2.58 bits per heavy atom. The molecule has 26 heavy (non-hydrogen) atoms. The van der Waals surface area contributed by atoms with Crippen LogP contribution in [0.1, 0.15) is 5.56 Å². The highest BCUT2D eigenvalue weighted by molar-refractivity contribution is 7.80. The third kappa shape index (κ3) is 4.31. The van der Waals surface area contributed by atoms with Crippen LogP contribution < -0.4 is 20.1 Å². The Labute approximate surface area is 157 Å². The fraction of sp³-hybridized carbons (Fsp3) is 0.158. The number of aromatic nitrogens is 2. The molecule has 0 atom stereocenters. The second kappa shape index (κ2) is 8.35. The lowest BCUT2D eigenvalue weighted by atomic mass is 10.2. The average molecular weight is 368 g/mol. The predicted octanol–water partition coefficient (Wildman–Crippen LogP) is 3.38. The Balaban J connectivity index is 1.57. The van der Waals surface area contributed by atoms with E-state index in [9.17, 15) is 0 Å². The van der Waals surface area contributed by atoms with Crippen molar-refractivity contribution in [2.24, 2.45) is 0 Å². The fourth-order valence-electron chi connectivity index (χ4n) is 2.44. The van der Waals surface area contributed by atoms with Crippen LogP contribution in [0.2, 0.25) is 0 Å². The van der Waals surface area contributed by atoms with Crippen molar-refractivity contribution in [1.29, 1.82) is 0 Å². The quantitative estimate of drug-likeness (QED) is 0.651. The van der Waals surface area contributed by atoms with E-state index in [1.165, 1.54) is 0 Å². The van der Waals surface area contributed by atoms with Gasteiger partial charge in [-0.25, -0.2) is 4.68 Å². The van der Waals surface area contributed by atoms with Crippen molar-refractivity contribution in [2.75, 3.05) is 19.5 Å². The monoisotopic (exact) mass is 368 g/mol. The van der Waals surface area contributed by atoms with Crippen molar-refractivity contribution in [3.8, 4) is 17.2 Å². The van der Waals surface area contributed by atoms with Gasteiger partial charge >= 0.3 is 0 Å². The van der Waals surface area contributed by atoms with Gasteiger partial charge in [-0.05, 0) is 48.1 Å². The normalized spacial score (nSPS) is 10.2. The minimum Gasteiger partial charge on any atom is -0.497 e. The molecule has 0 amide bonds. The summed E-state index contributed by atoms with van der Waals surface area (Å²) < 4.78 is 12.4. The zero-order valence-corrected chi connectivity index (χ0v) is 15.4. The van der Waals surface area contributed by atoms with E-state index in [1.807, 2.05) is 53.3 Å². The van der Waals surface area contributed by atoms with E-state index in [0.29, 0.717) is 17.4 Å². The first kappa shape index (κ1) is 17.8. The minimum atomic E-state index is 0.518. The Bertz CT molecular complexity index is 864. The first-order chi connectivity index (χ1) is 12.7. The standard InChI is InChI=1S/C19H20N4O2S/c1-24-16-8-9-17(18(12-16)25-2)22-19(26)20-13-14-4-6-15(7-5-14)23-11-3-10-21-23/h3-12H,13H2,1-2H3,(H2,20,22,26). The molecule has 0 spiro atoms. The highest BCUT2D eigenvalue weighted by atomic mass is 32.1. The summed E-state index contributed by atoms with van der Waals surface area (Å²) in [5.41, 5.74) is 2.91. The summed E-state index contributed by atoms with van der Waals surface area (Å²) in [6.07, 6.45) is 3.67. The zero-order valence-electron chi connectivity index (χ0n) is 14.6. The van der Waals surface area contributed by atoms with Gasteiger partial charge in [-0.2, -0.15) is 5.10 Å². The third-order valence-electron chi connectivity index (χ3n) is 3.82. The maximum Gasteiger partial charge on any atom is 0.171 e. The van der Waals surface area contributed by atoms with Gasteiger partial charge in [0.2, 0.25) is 0 Å². The van der Waals surface area contributed by atoms with Crippen LogP contribution in [0.4, 0.5) is 5.69 Å². The van der Waals surface area contributed by atoms with Gasteiger partial charge in [-0.15, -0.1) is 0 Å². The number of rotatable bonds is 6. The van der Waals surface area contributed by atoms with E-state index < -0.39 is 0 Å². The lowest BCUT2D eigenvalue weighted by Crippen LogP contribution is -2.28. The molecule has 0 saturated carbocycles. The molecule has 1 aromatic heterocycles. The molecule has 134 valence electrons. The van der Waals surface area contributed by atoms with E-state index in [1.54, 1.807) is 26.5 Å². The first-order valence-corrected chi connectivity index (χ1v) is 8.46. The molecule has 0 aliphatic heterocycles. The van der Waals surface area contributed by atoms with Crippen LogP contribution in [-0.2, 0) is 6.54 Å². The van der Waals surface area contributed by atoms with Gasteiger partial charge < -0.3 is 20.1 Å². The molecule has 0 bridgehead atoms. The number of methoxy groups -OCH3 is 2. The molecular weight excluding hydrogens is 348 g/mol. The summed E-state index contributed by atoms with van der Waals surface area (Å²) >= 11 is 5.37. The minimum absolute atomic E-state index is 0.518. The predicted molar refractivity (Wildman–Crippen MR) is 106 cm³/mol. The van der Waals surface area contributed by atoms with Gasteiger partial charge in [0.1, 0.15) is 11.5 Å². The molecule has 6 nitrogen and oxygen atoms in total. The molecule has 2 N–H and O–H groups in total. The summed E-state index contributed by atoms with van der Waals surface area (Å²) in [5, 5.41) is 11.1. The van der Waals surface area contributed by atoms with Crippen molar-refractivity contribution in [3.63, 3.8) is 0 Å². The Hall–Kier alpha value is -3.06. The summed E-state index contributed by atoms with van der Waals surface area (Å²) in [6.45, 7) is 0.615. The van der Waals surface area contributed by atoms with Crippen LogP contribution in [0.15, 0.2) is 60.9 Å². The summed E-state index contributed by atoms with van der Waals surface area (Å²) in [6, 6.07) is 15.5. The number of benzene rings is 2. The highest BCUT2D eigenvalue weighted by Crippen LogP contribution is 2.28. The number of hydrogen-bond donors (Lipinski definition) is 2. The zero-order chi connectivity index (χ0) is 18.4. The number of nitrogens with one attached hydrogen (secondary N) is 2. The van der Waals surface area contributed by atoms with Crippen LogP contribution in [0.5, 0.6) is 11.5 Å². The van der Waals surface area contributed by atoms with Crippen LogP contribution in [0, 0.1) is 0 Å². The molecule has 3 aromatic rings. The Kier molecular flexibility index (Phi) is 5.70. The number of ether oxygens (including phenoxy) is 2. The van der Waals surface area contributed by atoms with E-state index >= 15 is 0 Å². The van der Waals surface area contributed by atoms with E-state index in [2.05, 4.69) is 15.7 Å². The maximum absolute atomic E-state index is 5.37. The summed E-state index contributed by atoms with van der Waals surface area (Å²) in [5.74, 6) is 1.39. The second-order valence-corrected chi connectivity index (χ2v) is 5.90. The molecule has 0 saturated heterocycles. The van der Waals surface area contributed by atoms with E-state index in [-0.39, 0.29) is 0 Å². The van der Waals surface area contributed by atoms with Crippen molar-refractivity contribution < 1.29 is 9.47 Å². The number of hydrogen-bond acceptors (Lipinski definition) is 4. The molecule has 7 heteroatoms. The van der Waals surface area contributed by atoms with Gasteiger partial charge in [-0.1, -0.05) is 12.1 Å². The van der Waals surface area contributed by atoms with E-state index in [0.717, 1.165) is 22.7 Å². The van der Waals surface area contributed by atoms with Crippen molar-refractivity contribution in [1.82, 2.24) is 15.1 Å². The van der Waals surface area contributed by atoms with Gasteiger partial charge in [0.05, 0.1) is 25.6 Å². The first-order valence-electron chi connectivity index (χ1n) is 8.05. The number of nitrogens with zero attached hydrogens (tertiary/aromatic N) is 2. The molecular formula is C19H20N4O2S. The topological polar surface area (TPSA) is 60.3 Å². The van der Waals surface area contributed by atoms with Crippen molar-refractivity contribution in [3.05, 3.63) is 66.5 Å². The van der Waals surface area contributed by atoms with Crippen LogP contribution >= 0.6 is 12.2 Å².